The number of fused-ring (bicyclic) bond motifs is 2. The quantitative estimate of drug-likeness (QED) is 0.592. The molecule has 0 radical (unpaired) electrons. The van der Waals surface area contributed by atoms with Crippen LogP contribution in [0.3, 0.4) is 0 Å². The second-order valence-corrected chi connectivity index (χ2v) is 8.30. The summed E-state index contributed by atoms with van der Waals surface area (Å²) in [6.45, 7) is 0.0512. The number of nitrogens with zero attached hydrogens (tertiary/aromatic N) is 2. The van der Waals surface area contributed by atoms with Crippen LogP contribution in [0.1, 0.15) is 23.1 Å². The molecule has 33 heavy (non-hydrogen) atoms. The van der Waals surface area contributed by atoms with E-state index in [2.05, 4.69) is 10.6 Å². The summed E-state index contributed by atoms with van der Waals surface area (Å²) in [5.41, 5.74) is 2.11. The molecule has 1 spiro atoms. The molecule has 166 valence electrons. The number of aromatic nitrogens is 1. The van der Waals surface area contributed by atoms with Crippen molar-refractivity contribution in [1.82, 2.24) is 14.8 Å². The van der Waals surface area contributed by atoms with Crippen LogP contribution in [0.15, 0.2) is 77.7 Å². The summed E-state index contributed by atoms with van der Waals surface area (Å²) in [7, 11) is 0. The summed E-state index contributed by atoms with van der Waals surface area (Å²) >= 11 is 0. The molecule has 8 heteroatoms. The van der Waals surface area contributed by atoms with Gasteiger partial charge in [-0.15, -0.1) is 0 Å². The molecule has 1 aliphatic carbocycles. The first-order valence-electron chi connectivity index (χ1n) is 10.7. The summed E-state index contributed by atoms with van der Waals surface area (Å²) in [5, 5.41) is 5.55. The number of hydrogen-bond acceptors (Lipinski definition) is 4. The van der Waals surface area contributed by atoms with Gasteiger partial charge in [0.15, 0.2) is 0 Å². The van der Waals surface area contributed by atoms with Crippen molar-refractivity contribution in [2.75, 3.05) is 11.9 Å². The fourth-order valence-electron chi connectivity index (χ4n) is 4.56. The molecule has 1 fully saturated rings. The second-order valence-electron chi connectivity index (χ2n) is 8.30. The number of benzene rings is 2. The molecule has 5 rings (SSSR count). The standard InChI is InChI=1S/C25H22N4O4/c30-21(26-19-10-8-17(9-11-19)15-28-14-4-3-7-22(28)31)16-29-23(32)25(27-24(29)33)13-12-18-5-1-2-6-20(18)25/h1-11,14H,12-13,15-16H2,(H,26,30)(H,27,33). The normalized spacial score (nSPS) is 19.0. The average Bonchev–Trinajstić information content (AvgIpc) is 3.30. The Bertz CT molecular complexity index is 1310. The van der Waals surface area contributed by atoms with Gasteiger partial charge in [0.1, 0.15) is 12.1 Å². The van der Waals surface area contributed by atoms with Crippen molar-refractivity contribution in [3.8, 4) is 0 Å². The van der Waals surface area contributed by atoms with Crippen molar-refractivity contribution in [3.63, 3.8) is 0 Å². The first kappa shape index (κ1) is 20.7. The third kappa shape index (κ3) is 3.69. The van der Waals surface area contributed by atoms with E-state index in [4.69, 9.17) is 0 Å². The van der Waals surface area contributed by atoms with Crippen molar-refractivity contribution in [3.05, 3.63) is 100.0 Å². The molecule has 1 unspecified atom stereocenters. The number of aryl methyl sites for hydroxylation is 1. The van der Waals surface area contributed by atoms with Gasteiger partial charge in [0, 0.05) is 18.0 Å². The van der Waals surface area contributed by atoms with Crippen molar-refractivity contribution < 1.29 is 14.4 Å². The summed E-state index contributed by atoms with van der Waals surface area (Å²) < 4.78 is 1.59. The minimum absolute atomic E-state index is 0.0916. The van der Waals surface area contributed by atoms with Gasteiger partial charge in [0.2, 0.25) is 5.91 Å². The van der Waals surface area contributed by atoms with E-state index in [-0.39, 0.29) is 12.1 Å². The fourth-order valence-corrected chi connectivity index (χ4v) is 4.56. The second kappa shape index (κ2) is 8.05. The Labute approximate surface area is 189 Å². The van der Waals surface area contributed by atoms with Gasteiger partial charge >= 0.3 is 6.03 Å². The van der Waals surface area contributed by atoms with Crippen LogP contribution < -0.4 is 16.2 Å². The van der Waals surface area contributed by atoms with Crippen molar-refractivity contribution >= 4 is 23.5 Å². The van der Waals surface area contributed by atoms with Crippen LogP contribution in [0, 0.1) is 0 Å². The van der Waals surface area contributed by atoms with Crippen LogP contribution in [-0.4, -0.2) is 33.9 Å². The van der Waals surface area contributed by atoms with Gasteiger partial charge in [-0.2, -0.15) is 0 Å². The van der Waals surface area contributed by atoms with Crippen molar-refractivity contribution in [2.24, 2.45) is 0 Å². The zero-order valence-electron chi connectivity index (χ0n) is 17.8. The molecule has 1 atom stereocenters. The number of anilines is 1. The van der Waals surface area contributed by atoms with E-state index < -0.39 is 23.4 Å². The summed E-state index contributed by atoms with van der Waals surface area (Å²) in [5.74, 6) is -0.856. The maximum absolute atomic E-state index is 13.2. The lowest BCUT2D eigenvalue weighted by Crippen LogP contribution is -2.42. The van der Waals surface area contributed by atoms with Crippen molar-refractivity contribution in [1.29, 1.82) is 0 Å². The summed E-state index contributed by atoms with van der Waals surface area (Å²) in [4.78, 5) is 51.2. The van der Waals surface area contributed by atoms with E-state index >= 15 is 0 Å². The lowest BCUT2D eigenvalue weighted by molar-refractivity contribution is -0.134. The lowest BCUT2D eigenvalue weighted by Gasteiger charge is -2.22. The van der Waals surface area contributed by atoms with Crippen LogP contribution in [0.2, 0.25) is 0 Å². The van der Waals surface area contributed by atoms with Gasteiger partial charge < -0.3 is 15.2 Å². The molecular weight excluding hydrogens is 420 g/mol. The van der Waals surface area contributed by atoms with E-state index in [0.717, 1.165) is 21.6 Å². The number of amides is 4. The van der Waals surface area contributed by atoms with Crippen molar-refractivity contribution in [2.45, 2.75) is 24.9 Å². The molecule has 1 aromatic heterocycles. The number of rotatable bonds is 5. The van der Waals surface area contributed by atoms with Gasteiger partial charge in [-0.1, -0.05) is 42.5 Å². The van der Waals surface area contributed by atoms with E-state index in [1.165, 1.54) is 6.07 Å². The number of carbonyl (C=O) groups excluding carboxylic acids is 3. The van der Waals surface area contributed by atoms with Crippen LogP contribution in [0.4, 0.5) is 10.5 Å². The molecule has 2 heterocycles. The number of urea groups is 1. The molecule has 3 aromatic rings. The molecule has 2 aliphatic rings. The Morgan fingerprint density at radius 2 is 1.73 bits per heavy atom. The zero-order chi connectivity index (χ0) is 23.0. The third-order valence-corrected chi connectivity index (χ3v) is 6.21. The minimum Gasteiger partial charge on any atom is -0.325 e. The molecule has 1 aliphatic heterocycles. The van der Waals surface area contributed by atoms with Crippen LogP contribution >= 0.6 is 0 Å². The largest absolute Gasteiger partial charge is 0.325 e. The molecule has 1 saturated heterocycles. The monoisotopic (exact) mass is 442 g/mol. The molecule has 4 amide bonds. The number of nitrogens with one attached hydrogen (secondary N) is 2. The Morgan fingerprint density at radius 1 is 0.970 bits per heavy atom. The SMILES string of the molecule is O=C(CN1C(=O)NC2(CCc3ccccc32)C1=O)Nc1ccc(Cn2ccccc2=O)cc1. The third-order valence-electron chi connectivity index (χ3n) is 6.21. The molecule has 0 saturated carbocycles. The number of hydrogen-bond donors (Lipinski definition) is 2. The maximum Gasteiger partial charge on any atom is 0.325 e. The highest BCUT2D eigenvalue weighted by Gasteiger charge is 2.55. The van der Waals surface area contributed by atoms with Gasteiger partial charge in [-0.05, 0) is 47.7 Å². The molecule has 2 N–H and O–H groups in total. The van der Waals surface area contributed by atoms with Gasteiger partial charge in [0.05, 0.1) is 6.54 Å². The Kier molecular flexibility index (Phi) is 5.05. The first-order chi connectivity index (χ1) is 16.0. The number of carbonyl (C=O) groups is 3. The molecular formula is C25H22N4O4. The highest BCUT2D eigenvalue weighted by atomic mass is 16.2. The van der Waals surface area contributed by atoms with E-state index in [1.807, 2.05) is 36.4 Å². The highest BCUT2D eigenvalue weighted by molar-refractivity contribution is 6.10. The van der Waals surface area contributed by atoms with E-state index in [0.29, 0.717) is 25.1 Å². The lowest BCUT2D eigenvalue weighted by atomic mass is 9.92. The Hall–Kier alpha value is -4.20. The Morgan fingerprint density at radius 3 is 2.52 bits per heavy atom. The number of imide groups is 1. The smallest absolute Gasteiger partial charge is 0.325 e. The topological polar surface area (TPSA) is 101 Å². The fraction of sp³-hybridized carbons (Fsp3) is 0.200. The molecule has 8 nitrogen and oxygen atoms in total. The summed E-state index contributed by atoms with van der Waals surface area (Å²) in [6.07, 6.45) is 2.90. The molecule has 0 bridgehead atoms. The first-order valence-corrected chi connectivity index (χ1v) is 10.7. The van der Waals surface area contributed by atoms with Crippen LogP contribution in [0.25, 0.3) is 0 Å². The predicted molar refractivity (Wildman–Crippen MR) is 122 cm³/mol. The highest BCUT2D eigenvalue weighted by Crippen LogP contribution is 2.41. The van der Waals surface area contributed by atoms with E-state index in [1.54, 1.807) is 35.0 Å². The maximum atomic E-state index is 13.2. The van der Waals surface area contributed by atoms with E-state index in [9.17, 15) is 19.2 Å². The van der Waals surface area contributed by atoms with Gasteiger partial charge in [-0.25, -0.2) is 4.79 Å². The van der Waals surface area contributed by atoms with Crippen LogP contribution in [-0.2, 0) is 28.1 Å². The Balaban J connectivity index is 1.24. The zero-order valence-corrected chi connectivity index (χ0v) is 17.8. The van der Waals surface area contributed by atoms with Gasteiger partial charge in [-0.3, -0.25) is 19.3 Å². The molecule has 2 aromatic carbocycles. The number of pyridine rings is 1. The summed E-state index contributed by atoms with van der Waals surface area (Å²) in [6, 6.07) is 19.1. The predicted octanol–water partition coefficient (Wildman–Crippen LogP) is 2.23. The average molecular weight is 442 g/mol. The van der Waals surface area contributed by atoms with Crippen LogP contribution in [0.5, 0.6) is 0 Å². The van der Waals surface area contributed by atoms with Gasteiger partial charge in [0.25, 0.3) is 11.5 Å². The minimum atomic E-state index is -1.08.